The highest BCUT2D eigenvalue weighted by Crippen LogP contribution is 2.18. The second-order valence-electron chi connectivity index (χ2n) is 3.83. The van der Waals surface area contributed by atoms with Crippen molar-refractivity contribution >= 4 is 21.6 Å². The maximum atomic E-state index is 12.0. The Balaban J connectivity index is 2.80. The van der Waals surface area contributed by atoms with Crippen molar-refractivity contribution in [2.24, 2.45) is 5.92 Å². The van der Waals surface area contributed by atoms with Crippen molar-refractivity contribution in [3.05, 3.63) is 23.5 Å². The van der Waals surface area contributed by atoms with Crippen LogP contribution in [0.4, 0.5) is 0 Å². The van der Waals surface area contributed by atoms with Crippen molar-refractivity contribution in [3.8, 4) is 0 Å². The van der Waals surface area contributed by atoms with Crippen molar-refractivity contribution < 1.29 is 8.42 Å². The minimum Gasteiger partial charge on any atom is -0.243 e. The second-order valence-corrected chi connectivity index (χ2v) is 5.92. The quantitative estimate of drug-likeness (QED) is 0.812. The Morgan fingerprint density at radius 3 is 2.59 bits per heavy atom. The van der Waals surface area contributed by atoms with Crippen molar-refractivity contribution in [2.45, 2.75) is 31.6 Å². The predicted octanol–water partition coefficient (Wildman–Crippen LogP) is 2.45. The van der Waals surface area contributed by atoms with Crippen LogP contribution < -0.4 is 4.72 Å². The van der Waals surface area contributed by atoms with Crippen LogP contribution in [0, 0.1) is 5.92 Å². The van der Waals surface area contributed by atoms with E-state index < -0.39 is 10.0 Å². The molecule has 0 fully saturated rings. The molecule has 0 saturated heterocycles. The van der Waals surface area contributed by atoms with Gasteiger partial charge in [-0.2, -0.15) is 0 Å². The summed E-state index contributed by atoms with van der Waals surface area (Å²) in [5.41, 5.74) is 0. The predicted molar refractivity (Wildman–Crippen MR) is 68.5 cm³/mol. The van der Waals surface area contributed by atoms with Crippen molar-refractivity contribution in [2.75, 3.05) is 6.54 Å². The number of rotatable bonds is 6. The van der Waals surface area contributed by atoms with E-state index in [2.05, 4.69) is 9.71 Å². The molecule has 1 aromatic heterocycles. The minimum absolute atomic E-state index is 0.00421. The first kappa shape index (κ1) is 14.4. The molecule has 0 aromatic carbocycles. The Morgan fingerprint density at radius 2 is 2.06 bits per heavy atom. The molecule has 0 aliphatic rings. The molecule has 0 aliphatic heterocycles. The van der Waals surface area contributed by atoms with Gasteiger partial charge in [0.05, 0.1) is 0 Å². The monoisotopic (exact) mass is 276 g/mol. The first-order chi connectivity index (χ1) is 8.01. The molecule has 1 rings (SSSR count). The lowest BCUT2D eigenvalue weighted by molar-refractivity contribution is 0.479. The van der Waals surface area contributed by atoms with Crippen LogP contribution in [0.25, 0.3) is 0 Å². The van der Waals surface area contributed by atoms with Crippen molar-refractivity contribution in [3.63, 3.8) is 0 Å². The van der Waals surface area contributed by atoms with E-state index in [1.165, 1.54) is 12.3 Å². The van der Waals surface area contributed by atoms with E-state index in [4.69, 9.17) is 11.6 Å². The summed E-state index contributed by atoms with van der Waals surface area (Å²) < 4.78 is 26.5. The van der Waals surface area contributed by atoms with Gasteiger partial charge >= 0.3 is 0 Å². The summed E-state index contributed by atoms with van der Waals surface area (Å²) in [5.74, 6) is 0.347. The molecule has 0 radical (unpaired) electrons. The number of hydrogen-bond donors (Lipinski definition) is 1. The van der Waals surface area contributed by atoms with Crippen LogP contribution in [0.1, 0.15) is 26.7 Å². The molecule has 0 spiro atoms. The fourth-order valence-electron chi connectivity index (χ4n) is 1.45. The Hall–Kier alpha value is -0.650. The van der Waals surface area contributed by atoms with Crippen LogP contribution in [0.3, 0.4) is 0 Å². The zero-order chi connectivity index (χ0) is 12.9. The van der Waals surface area contributed by atoms with Gasteiger partial charge in [0.1, 0.15) is 10.0 Å². The molecule has 0 atom stereocenters. The van der Waals surface area contributed by atoms with Crippen molar-refractivity contribution in [1.29, 1.82) is 0 Å². The molecule has 96 valence electrons. The molecular formula is C11H17ClN2O2S. The molecule has 1 aromatic rings. The third-order valence-corrected chi connectivity index (χ3v) is 4.60. The summed E-state index contributed by atoms with van der Waals surface area (Å²) in [7, 11) is -3.55. The highest BCUT2D eigenvalue weighted by Gasteiger charge is 2.19. The van der Waals surface area contributed by atoms with Gasteiger partial charge in [-0.3, -0.25) is 0 Å². The number of halogens is 1. The van der Waals surface area contributed by atoms with Crippen LogP contribution in [0.2, 0.25) is 5.15 Å². The summed E-state index contributed by atoms with van der Waals surface area (Å²) in [5, 5.41) is 0.00421. The van der Waals surface area contributed by atoms with E-state index in [0.717, 1.165) is 12.8 Å². The summed E-state index contributed by atoms with van der Waals surface area (Å²) in [4.78, 5) is 3.79. The number of nitrogens with one attached hydrogen (secondary N) is 1. The Morgan fingerprint density at radius 1 is 1.41 bits per heavy atom. The minimum atomic E-state index is -3.55. The Kier molecular flexibility index (Phi) is 5.36. The third kappa shape index (κ3) is 3.94. The lowest BCUT2D eigenvalue weighted by atomic mass is 10.0. The van der Waals surface area contributed by atoms with Gasteiger partial charge in [0.25, 0.3) is 0 Å². The molecule has 17 heavy (non-hydrogen) atoms. The van der Waals surface area contributed by atoms with Crippen LogP contribution >= 0.6 is 11.6 Å². The van der Waals surface area contributed by atoms with Gasteiger partial charge in [-0.25, -0.2) is 18.1 Å². The SMILES string of the molecule is CCC(CC)CNS(=O)(=O)c1cccnc1Cl. The molecule has 0 bridgehead atoms. The molecule has 6 heteroatoms. The van der Waals surface area contributed by atoms with E-state index in [1.807, 2.05) is 13.8 Å². The molecule has 0 aliphatic carbocycles. The van der Waals surface area contributed by atoms with Gasteiger partial charge in [0.15, 0.2) is 0 Å². The lowest BCUT2D eigenvalue weighted by Gasteiger charge is -2.13. The van der Waals surface area contributed by atoms with Crippen molar-refractivity contribution in [1.82, 2.24) is 9.71 Å². The van der Waals surface area contributed by atoms with Gasteiger partial charge in [-0.15, -0.1) is 0 Å². The van der Waals surface area contributed by atoms with Crippen LogP contribution in [0.15, 0.2) is 23.2 Å². The molecule has 1 N–H and O–H groups in total. The summed E-state index contributed by atoms with van der Waals surface area (Å²) >= 11 is 5.76. The lowest BCUT2D eigenvalue weighted by Crippen LogP contribution is -2.29. The van der Waals surface area contributed by atoms with Gasteiger partial charge in [-0.1, -0.05) is 38.3 Å². The first-order valence-electron chi connectivity index (χ1n) is 5.61. The molecule has 1 heterocycles. The number of pyridine rings is 1. The zero-order valence-corrected chi connectivity index (χ0v) is 11.6. The molecule has 0 saturated carbocycles. The highest BCUT2D eigenvalue weighted by atomic mass is 35.5. The van der Waals surface area contributed by atoms with Gasteiger partial charge in [0, 0.05) is 12.7 Å². The fourth-order valence-corrected chi connectivity index (χ4v) is 3.02. The second kappa shape index (κ2) is 6.33. The smallest absolute Gasteiger partial charge is 0.243 e. The van der Waals surface area contributed by atoms with Crippen LogP contribution in [-0.2, 0) is 10.0 Å². The Bertz CT molecular complexity index is 458. The summed E-state index contributed by atoms with van der Waals surface area (Å²) in [6, 6.07) is 3.00. The van der Waals surface area contributed by atoms with E-state index >= 15 is 0 Å². The topological polar surface area (TPSA) is 59.1 Å². The van der Waals surface area contributed by atoms with E-state index in [-0.39, 0.29) is 10.0 Å². The maximum Gasteiger partial charge on any atom is 0.243 e. The van der Waals surface area contributed by atoms with Gasteiger partial charge < -0.3 is 0 Å². The first-order valence-corrected chi connectivity index (χ1v) is 7.47. The molecular weight excluding hydrogens is 260 g/mol. The third-order valence-electron chi connectivity index (χ3n) is 2.73. The average molecular weight is 277 g/mol. The molecule has 4 nitrogen and oxygen atoms in total. The number of sulfonamides is 1. The van der Waals surface area contributed by atoms with Gasteiger partial charge in [-0.05, 0) is 18.1 Å². The largest absolute Gasteiger partial charge is 0.243 e. The number of nitrogens with zero attached hydrogens (tertiary/aromatic N) is 1. The van der Waals surface area contributed by atoms with Crippen LogP contribution in [-0.4, -0.2) is 19.9 Å². The Labute approximate surface area is 107 Å². The molecule has 0 amide bonds. The normalized spacial score (nSPS) is 12.0. The van der Waals surface area contributed by atoms with E-state index in [1.54, 1.807) is 6.07 Å². The van der Waals surface area contributed by atoms with E-state index in [9.17, 15) is 8.42 Å². The number of aromatic nitrogens is 1. The molecule has 0 unspecified atom stereocenters. The van der Waals surface area contributed by atoms with Crippen LogP contribution in [0.5, 0.6) is 0 Å². The summed E-state index contributed by atoms with van der Waals surface area (Å²) in [6.45, 7) is 4.51. The standard InChI is InChI=1S/C11H17ClN2O2S/c1-3-9(4-2)8-14-17(15,16)10-6-5-7-13-11(10)12/h5-7,9,14H,3-4,8H2,1-2H3. The fraction of sp³-hybridized carbons (Fsp3) is 0.545. The zero-order valence-electron chi connectivity index (χ0n) is 9.98. The summed E-state index contributed by atoms with van der Waals surface area (Å²) in [6.07, 6.45) is 3.35. The maximum absolute atomic E-state index is 12.0. The number of hydrogen-bond acceptors (Lipinski definition) is 3. The highest BCUT2D eigenvalue weighted by molar-refractivity contribution is 7.89. The van der Waals surface area contributed by atoms with Gasteiger partial charge in [0.2, 0.25) is 10.0 Å². The average Bonchev–Trinajstić information content (AvgIpc) is 2.30. The van der Waals surface area contributed by atoms with E-state index in [0.29, 0.717) is 12.5 Å².